The molecule has 4 N–H and O–H groups in total. The van der Waals surface area contributed by atoms with E-state index < -0.39 is 23.3 Å². The molecule has 0 radical (unpaired) electrons. The van der Waals surface area contributed by atoms with Gasteiger partial charge in [0.15, 0.2) is 0 Å². The highest BCUT2D eigenvalue weighted by molar-refractivity contribution is 5.95. The molecule has 1 atom stereocenters. The zero-order valence-corrected chi connectivity index (χ0v) is 8.16. The van der Waals surface area contributed by atoms with Crippen LogP contribution in [-0.4, -0.2) is 23.0 Å². The molecular formula is C8H14N2O4. The lowest BCUT2D eigenvalue weighted by Crippen LogP contribution is -2.40. The predicted molar refractivity (Wildman–Crippen MR) is 48.4 cm³/mol. The fourth-order valence-corrected chi connectivity index (χ4v) is 0.888. The number of carboxylic acid groups (broad SMARTS) is 1. The summed E-state index contributed by atoms with van der Waals surface area (Å²) in [5.74, 6) is -1.75. The molecule has 0 aliphatic heterocycles. The standard InChI is InChI=1S/C8H14N2O4/c1-3-8(2,6(12)13)4-5(11)10-7(9)14/h3-4H2,1-2H3,(H,12,13)(H3,9,10,11,14). The summed E-state index contributed by atoms with van der Waals surface area (Å²) in [6.07, 6.45) is 0.0380. The van der Waals surface area contributed by atoms with Crippen LogP contribution < -0.4 is 11.1 Å². The van der Waals surface area contributed by atoms with Crippen LogP contribution in [0, 0.1) is 5.41 Å². The molecule has 6 nitrogen and oxygen atoms in total. The van der Waals surface area contributed by atoms with E-state index in [1.165, 1.54) is 6.92 Å². The van der Waals surface area contributed by atoms with Gasteiger partial charge in [0.05, 0.1) is 5.41 Å². The Labute approximate surface area is 81.5 Å². The first kappa shape index (κ1) is 12.4. The van der Waals surface area contributed by atoms with Gasteiger partial charge in [-0.1, -0.05) is 6.92 Å². The van der Waals surface area contributed by atoms with Crippen molar-refractivity contribution >= 4 is 17.9 Å². The quantitative estimate of drug-likeness (QED) is 0.599. The van der Waals surface area contributed by atoms with E-state index in [-0.39, 0.29) is 6.42 Å². The van der Waals surface area contributed by atoms with Crippen LogP contribution >= 0.6 is 0 Å². The van der Waals surface area contributed by atoms with Crippen LogP contribution in [0.25, 0.3) is 0 Å². The lowest BCUT2D eigenvalue weighted by Gasteiger charge is -2.21. The molecule has 0 aromatic rings. The number of amides is 3. The molecule has 14 heavy (non-hydrogen) atoms. The molecule has 0 saturated carbocycles. The molecule has 0 fully saturated rings. The molecule has 0 aromatic carbocycles. The second kappa shape index (κ2) is 4.59. The summed E-state index contributed by atoms with van der Waals surface area (Å²) in [6.45, 7) is 3.10. The number of nitrogens with one attached hydrogen (secondary N) is 1. The molecule has 0 aliphatic carbocycles. The third kappa shape index (κ3) is 3.42. The average Bonchev–Trinajstić information content (AvgIpc) is 2.01. The highest BCUT2D eigenvalue weighted by Gasteiger charge is 2.33. The van der Waals surface area contributed by atoms with Crippen molar-refractivity contribution in [1.82, 2.24) is 5.32 Å². The lowest BCUT2D eigenvalue weighted by molar-refractivity contribution is -0.150. The Balaban J connectivity index is 4.39. The Morgan fingerprint density at radius 2 is 1.93 bits per heavy atom. The highest BCUT2D eigenvalue weighted by atomic mass is 16.4. The van der Waals surface area contributed by atoms with E-state index in [0.717, 1.165) is 0 Å². The van der Waals surface area contributed by atoms with E-state index in [1.807, 2.05) is 5.32 Å². The summed E-state index contributed by atoms with van der Waals surface area (Å²) < 4.78 is 0. The van der Waals surface area contributed by atoms with Crippen LogP contribution in [0.1, 0.15) is 26.7 Å². The van der Waals surface area contributed by atoms with Gasteiger partial charge in [0.1, 0.15) is 0 Å². The Hall–Kier alpha value is -1.59. The van der Waals surface area contributed by atoms with Crippen molar-refractivity contribution in [2.75, 3.05) is 0 Å². The van der Waals surface area contributed by atoms with Gasteiger partial charge >= 0.3 is 12.0 Å². The van der Waals surface area contributed by atoms with E-state index in [1.54, 1.807) is 6.92 Å². The smallest absolute Gasteiger partial charge is 0.318 e. The number of rotatable bonds is 4. The maximum absolute atomic E-state index is 11.1. The molecule has 0 rings (SSSR count). The van der Waals surface area contributed by atoms with Gasteiger partial charge in [-0.15, -0.1) is 0 Å². The molecule has 1 unspecified atom stereocenters. The number of hydrogen-bond acceptors (Lipinski definition) is 3. The Morgan fingerprint density at radius 1 is 1.43 bits per heavy atom. The van der Waals surface area contributed by atoms with Crippen LogP contribution in [0.4, 0.5) is 4.79 Å². The molecule has 0 aromatic heterocycles. The monoisotopic (exact) mass is 202 g/mol. The molecule has 0 bridgehead atoms. The highest BCUT2D eigenvalue weighted by Crippen LogP contribution is 2.25. The van der Waals surface area contributed by atoms with Crippen molar-refractivity contribution in [1.29, 1.82) is 0 Å². The number of carbonyl (C=O) groups is 3. The van der Waals surface area contributed by atoms with Crippen molar-refractivity contribution in [3.05, 3.63) is 0 Å². The van der Waals surface area contributed by atoms with Crippen molar-refractivity contribution in [2.24, 2.45) is 11.1 Å². The predicted octanol–water partition coefficient (Wildman–Crippen LogP) is 0.0723. The Bertz CT molecular complexity index is 264. The molecule has 3 amide bonds. The number of aliphatic carboxylic acids is 1. The summed E-state index contributed by atoms with van der Waals surface area (Å²) in [5, 5.41) is 10.6. The molecule has 0 aliphatic rings. The second-order valence-electron chi connectivity index (χ2n) is 3.31. The summed E-state index contributed by atoms with van der Waals surface area (Å²) in [5.41, 5.74) is 3.56. The summed E-state index contributed by atoms with van der Waals surface area (Å²) >= 11 is 0. The van der Waals surface area contributed by atoms with E-state index >= 15 is 0 Å². The van der Waals surface area contributed by atoms with Crippen LogP contribution in [0.3, 0.4) is 0 Å². The van der Waals surface area contributed by atoms with E-state index in [0.29, 0.717) is 6.42 Å². The maximum atomic E-state index is 11.1. The minimum absolute atomic E-state index is 0.262. The maximum Gasteiger partial charge on any atom is 0.318 e. The zero-order valence-electron chi connectivity index (χ0n) is 8.16. The topological polar surface area (TPSA) is 109 Å². The summed E-state index contributed by atoms with van der Waals surface area (Å²) in [7, 11) is 0. The van der Waals surface area contributed by atoms with Gasteiger partial charge in [-0.2, -0.15) is 0 Å². The number of carboxylic acids is 1. The largest absolute Gasteiger partial charge is 0.481 e. The van der Waals surface area contributed by atoms with E-state index in [9.17, 15) is 14.4 Å². The molecule has 6 heteroatoms. The van der Waals surface area contributed by atoms with Gasteiger partial charge in [0, 0.05) is 6.42 Å². The number of carbonyl (C=O) groups excluding carboxylic acids is 2. The summed E-state index contributed by atoms with van der Waals surface area (Å²) in [4.78, 5) is 32.1. The van der Waals surface area contributed by atoms with Crippen LogP contribution in [0.2, 0.25) is 0 Å². The molecule has 0 saturated heterocycles. The van der Waals surface area contributed by atoms with Crippen LogP contribution in [0.5, 0.6) is 0 Å². The van der Waals surface area contributed by atoms with Gasteiger partial charge in [0.25, 0.3) is 0 Å². The van der Waals surface area contributed by atoms with Gasteiger partial charge in [0.2, 0.25) is 5.91 Å². The first-order valence-corrected chi connectivity index (χ1v) is 4.14. The SMILES string of the molecule is CCC(C)(CC(=O)NC(N)=O)C(=O)O. The second-order valence-corrected chi connectivity index (χ2v) is 3.31. The van der Waals surface area contributed by atoms with Crippen LogP contribution in [-0.2, 0) is 9.59 Å². The van der Waals surface area contributed by atoms with Gasteiger partial charge in [-0.05, 0) is 13.3 Å². The molecular weight excluding hydrogens is 188 g/mol. The third-order valence-electron chi connectivity index (χ3n) is 2.11. The van der Waals surface area contributed by atoms with Crippen molar-refractivity contribution in [3.8, 4) is 0 Å². The van der Waals surface area contributed by atoms with E-state index in [4.69, 9.17) is 10.8 Å². The number of nitrogens with two attached hydrogens (primary N) is 1. The van der Waals surface area contributed by atoms with Gasteiger partial charge in [-0.3, -0.25) is 14.9 Å². The zero-order chi connectivity index (χ0) is 11.4. The van der Waals surface area contributed by atoms with Crippen molar-refractivity contribution in [3.63, 3.8) is 0 Å². The van der Waals surface area contributed by atoms with Crippen molar-refractivity contribution < 1.29 is 19.5 Å². The fraction of sp³-hybridized carbons (Fsp3) is 0.625. The first-order chi connectivity index (χ1) is 6.31. The average molecular weight is 202 g/mol. The normalized spacial score (nSPS) is 14.1. The summed E-state index contributed by atoms with van der Waals surface area (Å²) in [6, 6.07) is -0.973. The fourth-order valence-electron chi connectivity index (χ4n) is 0.888. The lowest BCUT2D eigenvalue weighted by atomic mass is 9.84. The van der Waals surface area contributed by atoms with E-state index in [2.05, 4.69) is 0 Å². The Morgan fingerprint density at radius 3 is 2.21 bits per heavy atom. The Kier molecular flexibility index (Phi) is 4.07. The number of imide groups is 1. The molecule has 80 valence electrons. The first-order valence-electron chi connectivity index (χ1n) is 4.14. The van der Waals surface area contributed by atoms with Crippen LogP contribution in [0.15, 0.2) is 0 Å². The number of urea groups is 1. The van der Waals surface area contributed by atoms with Gasteiger partial charge in [-0.25, -0.2) is 4.79 Å². The minimum Gasteiger partial charge on any atom is -0.481 e. The molecule has 0 spiro atoms. The third-order valence-corrected chi connectivity index (χ3v) is 2.11. The minimum atomic E-state index is -1.15. The van der Waals surface area contributed by atoms with Gasteiger partial charge < -0.3 is 10.8 Å². The number of primary amides is 1. The molecule has 0 heterocycles. The number of hydrogen-bond donors (Lipinski definition) is 3. The van der Waals surface area contributed by atoms with Crippen molar-refractivity contribution in [2.45, 2.75) is 26.7 Å².